The first-order chi connectivity index (χ1) is 14.1. The van der Waals surface area contributed by atoms with Crippen LogP contribution in [-0.2, 0) is 11.3 Å². The van der Waals surface area contributed by atoms with E-state index in [9.17, 15) is 4.79 Å². The van der Waals surface area contributed by atoms with E-state index in [2.05, 4.69) is 31.3 Å². The van der Waals surface area contributed by atoms with Gasteiger partial charge >= 0.3 is 0 Å². The summed E-state index contributed by atoms with van der Waals surface area (Å²) in [6, 6.07) is 16.3. The number of aromatic nitrogens is 1. The number of rotatable bonds is 6. The number of nitrogens with one attached hydrogen (secondary N) is 1. The van der Waals surface area contributed by atoms with E-state index in [0.717, 1.165) is 43.7 Å². The molecule has 1 fully saturated rings. The summed E-state index contributed by atoms with van der Waals surface area (Å²) in [6.45, 7) is 2.94. The Kier molecular flexibility index (Phi) is 6.11. The van der Waals surface area contributed by atoms with Crippen molar-refractivity contribution >= 4 is 27.5 Å². The number of hydrogen-bond acceptors (Lipinski definition) is 4. The van der Waals surface area contributed by atoms with Crippen LogP contribution in [0.4, 0.5) is 0 Å². The zero-order chi connectivity index (χ0) is 20.2. The first-order valence-corrected chi connectivity index (χ1v) is 11.0. The third-order valence-electron chi connectivity index (χ3n) is 5.53. The fourth-order valence-corrected chi connectivity index (χ4v) is 5.13. The highest BCUT2D eigenvalue weighted by molar-refractivity contribution is 7.18. The Labute approximate surface area is 175 Å². The number of likely N-dealkylation sites (tertiary alicyclic amines) is 1. The molecule has 0 aliphatic carbocycles. The molecule has 0 radical (unpaired) electrons. The monoisotopic (exact) mass is 410 g/mol. The molecule has 2 atom stereocenters. The molecular weight excluding hydrogens is 382 g/mol. The smallest absolute Gasteiger partial charge is 0.277 e. The lowest BCUT2D eigenvalue weighted by atomic mass is 9.98. The molecule has 4 rings (SSSR count). The Morgan fingerprint density at radius 2 is 2.14 bits per heavy atom. The molecule has 152 valence electrons. The molecule has 0 saturated carbocycles. The van der Waals surface area contributed by atoms with Crippen LogP contribution >= 0.6 is 11.3 Å². The van der Waals surface area contributed by atoms with Gasteiger partial charge in [0.2, 0.25) is 0 Å². The maximum atomic E-state index is 12.9. The number of fused-ring (bicyclic) bond motifs is 1. The number of benzene rings is 2. The Hall–Kier alpha value is -2.44. The Morgan fingerprint density at radius 1 is 1.28 bits per heavy atom. The standard InChI is InChI=1S/C23H27N3O2S/c1-25(14-17-7-5-9-19(13-17)28-2)16-22(27)26-12-6-8-18(15-26)23-24-20-10-3-4-11-21(20)29-23/h3-5,7,9-11,13,18H,6,8,12,14-16H2,1-2H3/p+1/t18-/m0/s1. The predicted octanol–water partition coefficient (Wildman–Crippen LogP) is 2.73. The maximum Gasteiger partial charge on any atom is 0.277 e. The molecule has 6 heteroatoms. The minimum absolute atomic E-state index is 0.233. The number of hydrogen-bond donors (Lipinski definition) is 1. The van der Waals surface area contributed by atoms with Gasteiger partial charge in [-0.15, -0.1) is 11.3 Å². The molecule has 0 spiro atoms. The molecule has 2 aromatic carbocycles. The number of likely N-dealkylation sites (N-methyl/N-ethyl adjacent to an activating group) is 1. The van der Waals surface area contributed by atoms with Gasteiger partial charge in [-0.25, -0.2) is 4.98 Å². The molecule has 1 aliphatic rings. The van der Waals surface area contributed by atoms with E-state index in [1.165, 1.54) is 20.2 Å². The number of nitrogens with zero attached hydrogens (tertiary/aromatic N) is 2. The highest BCUT2D eigenvalue weighted by Crippen LogP contribution is 2.32. The highest BCUT2D eigenvalue weighted by Gasteiger charge is 2.28. The number of quaternary nitrogens is 1. The number of carbonyl (C=O) groups excluding carboxylic acids is 1. The minimum Gasteiger partial charge on any atom is -0.497 e. The zero-order valence-corrected chi connectivity index (χ0v) is 17.9. The van der Waals surface area contributed by atoms with Crippen LogP contribution < -0.4 is 9.64 Å². The van der Waals surface area contributed by atoms with Crippen LogP contribution in [0.25, 0.3) is 10.2 Å². The molecule has 1 aromatic heterocycles. The summed E-state index contributed by atoms with van der Waals surface area (Å²) in [7, 11) is 3.75. The van der Waals surface area contributed by atoms with Crippen molar-refractivity contribution in [3.63, 3.8) is 0 Å². The van der Waals surface area contributed by atoms with Gasteiger partial charge in [-0.3, -0.25) is 4.79 Å². The van der Waals surface area contributed by atoms with E-state index in [4.69, 9.17) is 9.72 Å². The summed E-state index contributed by atoms with van der Waals surface area (Å²) in [6.07, 6.45) is 2.15. The van der Waals surface area contributed by atoms with Gasteiger partial charge in [0, 0.05) is 24.6 Å². The van der Waals surface area contributed by atoms with E-state index in [1.807, 2.05) is 29.2 Å². The second-order valence-electron chi connectivity index (χ2n) is 7.86. The number of ether oxygens (including phenoxy) is 1. The third kappa shape index (κ3) is 4.77. The van der Waals surface area contributed by atoms with Crippen molar-refractivity contribution in [1.82, 2.24) is 9.88 Å². The van der Waals surface area contributed by atoms with Crippen LogP contribution in [0.3, 0.4) is 0 Å². The van der Waals surface area contributed by atoms with Crippen molar-refractivity contribution in [3.8, 4) is 5.75 Å². The Morgan fingerprint density at radius 3 is 2.97 bits per heavy atom. The van der Waals surface area contributed by atoms with Gasteiger partial charge in [-0.1, -0.05) is 24.3 Å². The Bertz CT molecular complexity index is 954. The van der Waals surface area contributed by atoms with E-state index < -0.39 is 0 Å². The van der Waals surface area contributed by atoms with Crippen LogP contribution in [-0.4, -0.2) is 49.6 Å². The van der Waals surface area contributed by atoms with Crippen LogP contribution in [0.15, 0.2) is 48.5 Å². The van der Waals surface area contributed by atoms with Gasteiger partial charge in [0.1, 0.15) is 12.3 Å². The summed E-state index contributed by atoms with van der Waals surface area (Å²) < 4.78 is 6.53. The number of para-hydroxylation sites is 1. The minimum atomic E-state index is 0.233. The zero-order valence-electron chi connectivity index (χ0n) is 17.1. The molecule has 1 saturated heterocycles. The summed E-state index contributed by atoms with van der Waals surface area (Å²) >= 11 is 1.77. The maximum absolute atomic E-state index is 12.9. The van der Waals surface area contributed by atoms with Crippen molar-refractivity contribution < 1.29 is 14.4 Å². The van der Waals surface area contributed by atoms with E-state index >= 15 is 0 Å². The average Bonchev–Trinajstić information content (AvgIpc) is 3.18. The second-order valence-corrected chi connectivity index (χ2v) is 8.92. The van der Waals surface area contributed by atoms with Gasteiger partial charge < -0.3 is 14.5 Å². The van der Waals surface area contributed by atoms with E-state index in [1.54, 1.807) is 18.4 Å². The SMILES string of the molecule is COc1cccc(C[NH+](C)CC(=O)N2CCC[C@H](c3nc4ccccc4s3)C2)c1. The molecular formula is C23H28N3O2S+. The number of amides is 1. The number of thiazole rings is 1. The fourth-order valence-electron chi connectivity index (χ4n) is 4.03. The topological polar surface area (TPSA) is 46.9 Å². The van der Waals surface area contributed by atoms with Crippen molar-refractivity contribution in [1.29, 1.82) is 0 Å². The molecule has 29 heavy (non-hydrogen) atoms. The van der Waals surface area contributed by atoms with Crippen LogP contribution in [0, 0.1) is 0 Å². The van der Waals surface area contributed by atoms with Crippen molar-refractivity contribution in [2.45, 2.75) is 25.3 Å². The summed E-state index contributed by atoms with van der Waals surface area (Å²) in [4.78, 5) is 21.0. The van der Waals surface area contributed by atoms with Gasteiger partial charge in [0.05, 0.1) is 29.4 Å². The lowest BCUT2D eigenvalue weighted by Crippen LogP contribution is -3.08. The molecule has 0 bridgehead atoms. The van der Waals surface area contributed by atoms with Gasteiger partial charge in [-0.05, 0) is 37.1 Å². The Balaban J connectivity index is 1.36. The first kappa shape index (κ1) is 19.9. The summed E-state index contributed by atoms with van der Waals surface area (Å²) in [5.74, 6) is 1.44. The van der Waals surface area contributed by atoms with Crippen molar-refractivity contribution in [2.24, 2.45) is 0 Å². The van der Waals surface area contributed by atoms with Crippen LogP contribution in [0.2, 0.25) is 0 Å². The molecule has 5 nitrogen and oxygen atoms in total. The summed E-state index contributed by atoms with van der Waals surface area (Å²) in [5.41, 5.74) is 2.25. The number of piperidine rings is 1. The molecule has 3 aromatic rings. The van der Waals surface area contributed by atoms with Crippen LogP contribution in [0.1, 0.15) is 29.3 Å². The number of methoxy groups -OCH3 is 1. The van der Waals surface area contributed by atoms with Crippen molar-refractivity contribution in [3.05, 3.63) is 59.1 Å². The third-order valence-corrected chi connectivity index (χ3v) is 6.73. The molecule has 1 amide bonds. The van der Waals surface area contributed by atoms with Gasteiger partial charge in [0.25, 0.3) is 5.91 Å². The van der Waals surface area contributed by atoms with Crippen LogP contribution in [0.5, 0.6) is 5.75 Å². The average molecular weight is 411 g/mol. The second kappa shape index (κ2) is 8.93. The lowest BCUT2D eigenvalue weighted by molar-refractivity contribution is -0.885. The highest BCUT2D eigenvalue weighted by atomic mass is 32.1. The van der Waals surface area contributed by atoms with Gasteiger partial charge in [-0.2, -0.15) is 0 Å². The first-order valence-electron chi connectivity index (χ1n) is 10.2. The molecule has 1 N–H and O–H groups in total. The molecule has 1 aliphatic heterocycles. The van der Waals surface area contributed by atoms with E-state index in [0.29, 0.717) is 12.5 Å². The molecule has 2 heterocycles. The number of carbonyl (C=O) groups is 1. The van der Waals surface area contributed by atoms with E-state index in [-0.39, 0.29) is 5.91 Å². The molecule has 1 unspecified atom stereocenters. The lowest BCUT2D eigenvalue weighted by Gasteiger charge is -2.32. The predicted molar refractivity (Wildman–Crippen MR) is 117 cm³/mol. The quantitative estimate of drug-likeness (QED) is 0.680. The normalized spacial score (nSPS) is 18.0. The fraction of sp³-hybridized carbons (Fsp3) is 0.391. The van der Waals surface area contributed by atoms with Gasteiger partial charge in [0.15, 0.2) is 6.54 Å². The van der Waals surface area contributed by atoms with Crippen molar-refractivity contribution in [2.75, 3.05) is 33.8 Å². The summed E-state index contributed by atoms with van der Waals surface area (Å²) in [5, 5.41) is 1.17. The largest absolute Gasteiger partial charge is 0.497 e.